The summed E-state index contributed by atoms with van der Waals surface area (Å²) in [6.45, 7) is 2.22. The van der Waals surface area contributed by atoms with Gasteiger partial charge in [-0.2, -0.15) is 0 Å². The minimum atomic E-state index is 0.644. The lowest BCUT2D eigenvalue weighted by molar-refractivity contribution is 0.399. The molecule has 0 spiro atoms. The number of pyridine rings is 2. The first-order valence-corrected chi connectivity index (χ1v) is 6.51. The Labute approximate surface area is 113 Å². The van der Waals surface area contributed by atoms with Crippen molar-refractivity contribution in [2.45, 2.75) is 12.8 Å². The fraction of sp³-hybridized carbons (Fsp3) is 0.429. The topological polar surface area (TPSA) is 64.3 Å². The first-order valence-electron chi connectivity index (χ1n) is 6.51. The van der Waals surface area contributed by atoms with E-state index in [1.54, 1.807) is 7.11 Å². The first kappa shape index (κ1) is 13.5. The lowest BCUT2D eigenvalue weighted by Crippen LogP contribution is -2.18. The molecule has 3 heterocycles. The van der Waals surface area contributed by atoms with Crippen molar-refractivity contribution >= 4 is 16.7 Å². The van der Waals surface area contributed by atoms with Crippen molar-refractivity contribution in [3.63, 3.8) is 0 Å². The summed E-state index contributed by atoms with van der Waals surface area (Å²) in [6.07, 6.45) is 4.37. The van der Waals surface area contributed by atoms with Crippen LogP contribution >= 0.6 is 0 Å². The Morgan fingerprint density at radius 3 is 2.58 bits per heavy atom. The van der Waals surface area contributed by atoms with Crippen LogP contribution in [0.4, 0.5) is 5.69 Å². The van der Waals surface area contributed by atoms with Crippen molar-refractivity contribution < 1.29 is 4.74 Å². The number of aromatic nitrogens is 2. The van der Waals surface area contributed by atoms with E-state index in [2.05, 4.69) is 20.6 Å². The van der Waals surface area contributed by atoms with Crippen LogP contribution in [0.25, 0.3) is 11.0 Å². The largest absolute Gasteiger partial charge is 0.481 e. The summed E-state index contributed by atoms with van der Waals surface area (Å²) in [4.78, 5) is 11.2. The Morgan fingerprint density at radius 2 is 1.89 bits per heavy atom. The summed E-state index contributed by atoms with van der Waals surface area (Å²) in [6, 6.07) is 5.85. The van der Waals surface area contributed by atoms with Gasteiger partial charge >= 0.3 is 0 Å². The van der Waals surface area contributed by atoms with Gasteiger partial charge in [-0.3, -0.25) is 4.98 Å². The van der Waals surface area contributed by atoms with Crippen LogP contribution in [0.1, 0.15) is 12.8 Å². The number of rotatable bonds is 2. The summed E-state index contributed by atoms with van der Waals surface area (Å²) in [5.74, 6) is 0.644. The van der Waals surface area contributed by atoms with E-state index >= 15 is 0 Å². The number of nitrogens with zero attached hydrogens (tertiary/aromatic N) is 3. The quantitative estimate of drug-likeness (QED) is 0.892. The molecule has 5 nitrogen and oxygen atoms in total. The summed E-state index contributed by atoms with van der Waals surface area (Å²) in [7, 11) is 3.14. The Morgan fingerprint density at radius 1 is 1.16 bits per heavy atom. The van der Waals surface area contributed by atoms with E-state index in [1.807, 2.05) is 24.4 Å². The molecule has 1 aliphatic rings. The van der Waals surface area contributed by atoms with Crippen molar-refractivity contribution in [3.8, 4) is 5.88 Å². The second-order valence-electron chi connectivity index (χ2n) is 4.25. The molecule has 0 unspecified atom stereocenters. The maximum absolute atomic E-state index is 5.18. The highest BCUT2D eigenvalue weighted by Gasteiger charge is 2.16. The molecule has 3 rings (SSSR count). The molecule has 0 aliphatic carbocycles. The summed E-state index contributed by atoms with van der Waals surface area (Å²) in [5.41, 5.74) is 7.54. The monoisotopic (exact) mass is 260 g/mol. The van der Waals surface area contributed by atoms with Crippen LogP contribution < -0.4 is 15.4 Å². The molecule has 0 saturated carbocycles. The van der Waals surface area contributed by atoms with E-state index in [-0.39, 0.29) is 0 Å². The van der Waals surface area contributed by atoms with Gasteiger partial charge in [0.25, 0.3) is 0 Å². The Kier molecular flexibility index (Phi) is 4.52. The molecule has 0 bridgehead atoms. The standard InChI is InChI=1S/C13H15N3O.CH5N/c1-17-12-5-4-10-13(15-12)11(6-7-14-10)16-8-2-3-9-16;1-2/h4-7H,2-3,8-9H2,1H3;2H2,1H3. The van der Waals surface area contributed by atoms with Crippen molar-refractivity contribution in [2.24, 2.45) is 5.73 Å². The van der Waals surface area contributed by atoms with Crippen LogP contribution in [0.2, 0.25) is 0 Å². The third kappa shape index (κ3) is 2.76. The highest BCUT2D eigenvalue weighted by molar-refractivity contribution is 5.88. The van der Waals surface area contributed by atoms with E-state index in [9.17, 15) is 0 Å². The van der Waals surface area contributed by atoms with E-state index in [1.165, 1.54) is 25.6 Å². The molecule has 2 aromatic rings. The number of hydrogen-bond donors (Lipinski definition) is 1. The molecular formula is C14H20N4O. The molecule has 19 heavy (non-hydrogen) atoms. The second-order valence-corrected chi connectivity index (χ2v) is 4.25. The number of methoxy groups -OCH3 is 1. The van der Waals surface area contributed by atoms with Crippen LogP contribution in [0.15, 0.2) is 24.4 Å². The summed E-state index contributed by atoms with van der Waals surface area (Å²) >= 11 is 0. The highest BCUT2D eigenvalue weighted by Crippen LogP contribution is 2.27. The van der Waals surface area contributed by atoms with Gasteiger partial charge in [-0.1, -0.05) is 0 Å². The minimum Gasteiger partial charge on any atom is -0.481 e. The number of nitrogens with two attached hydrogens (primary N) is 1. The van der Waals surface area contributed by atoms with E-state index < -0.39 is 0 Å². The molecule has 1 fully saturated rings. The van der Waals surface area contributed by atoms with E-state index in [0.29, 0.717) is 5.88 Å². The van der Waals surface area contributed by atoms with Gasteiger partial charge in [-0.05, 0) is 32.0 Å². The SMILES string of the molecule is CN.COc1ccc2nccc(N3CCCC3)c2n1. The average Bonchev–Trinajstić information content (AvgIpc) is 3.02. The van der Waals surface area contributed by atoms with Gasteiger partial charge in [-0.25, -0.2) is 4.98 Å². The predicted molar refractivity (Wildman–Crippen MR) is 77.6 cm³/mol. The van der Waals surface area contributed by atoms with Gasteiger partial charge in [-0.15, -0.1) is 0 Å². The lowest BCUT2D eigenvalue weighted by atomic mass is 10.2. The van der Waals surface area contributed by atoms with E-state index in [4.69, 9.17) is 4.74 Å². The number of hydrogen-bond acceptors (Lipinski definition) is 5. The first-order chi connectivity index (χ1) is 9.38. The highest BCUT2D eigenvalue weighted by atomic mass is 16.5. The predicted octanol–water partition coefficient (Wildman–Crippen LogP) is 1.81. The average molecular weight is 260 g/mol. The molecule has 0 atom stereocenters. The Bertz CT molecular complexity index is 538. The smallest absolute Gasteiger partial charge is 0.213 e. The third-order valence-electron chi connectivity index (χ3n) is 3.19. The maximum atomic E-state index is 5.18. The molecule has 0 radical (unpaired) electrons. The summed E-state index contributed by atoms with van der Waals surface area (Å²) < 4.78 is 5.18. The van der Waals surface area contributed by atoms with Gasteiger partial charge < -0.3 is 15.4 Å². The summed E-state index contributed by atoms with van der Waals surface area (Å²) in [5, 5.41) is 0. The zero-order valence-corrected chi connectivity index (χ0v) is 11.5. The molecule has 1 aliphatic heterocycles. The molecular weight excluding hydrogens is 240 g/mol. The molecule has 0 aromatic carbocycles. The van der Waals surface area contributed by atoms with Crippen molar-refractivity contribution in [2.75, 3.05) is 32.1 Å². The molecule has 2 aromatic heterocycles. The minimum absolute atomic E-state index is 0.644. The van der Waals surface area contributed by atoms with Crippen molar-refractivity contribution in [1.29, 1.82) is 0 Å². The molecule has 102 valence electrons. The Hall–Kier alpha value is -1.88. The third-order valence-corrected chi connectivity index (χ3v) is 3.19. The van der Waals surface area contributed by atoms with Gasteiger partial charge in [0.2, 0.25) is 5.88 Å². The van der Waals surface area contributed by atoms with Crippen LogP contribution in [-0.2, 0) is 0 Å². The zero-order valence-electron chi connectivity index (χ0n) is 11.5. The van der Waals surface area contributed by atoms with Gasteiger partial charge in [0.15, 0.2) is 0 Å². The fourth-order valence-corrected chi connectivity index (χ4v) is 2.32. The van der Waals surface area contributed by atoms with E-state index in [0.717, 1.165) is 24.1 Å². The molecule has 5 heteroatoms. The zero-order chi connectivity index (χ0) is 13.7. The normalized spacial score (nSPS) is 14.2. The van der Waals surface area contributed by atoms with Crippen molar-refractivity contribution in [3.05, 3.63) is 24.4 Å². The van der Waals surface area contributed by atoms with Crippen LogP contribution in [-0.4, -0.2) is 37.2 Å². The van der Waals surface area contributed by atoms with Crippen LogP contribution in [0.3, 0.4) is 0 Å². The van der Waals surface area contributed by atoms with Crippen LogP contribution in [0, 0.1) is 0 Å². The molecule has 1 saturated heterocycles. The maximum Gasteiger partial charge on any atom is 0.213 e. The molecule has 2 N–H and O–H groups in total. The van der Waals surface area contributed by atoms with Crippen molar-refractivity contribution in [1.82, 2.24) is 9.97 Å². The van der Waals surface area contributed by atoms with Gasteiger partial charge in [0.05, 0.1) is 18.3 Å². The number of fused-ring (bicyclic) bond motifs is 1. The number of ether oxygens (including phenoxy) is 1. The second kappa shape index (κ2) is 6.33. The van der Waals surface area contributed by atoms with Gasteiger partial charge in [0.1, 0.15) is 5.52 Å². The Balaban J connectivity index is 0.000000637. The molecule has 0 amide bonds. The van der Waals surface area contributed by atoms with Crippen LogP contribution in [0.5, 0.6) is 5.88 Å². The fourth-order valence-electron chi connectivity index (χ4n) is 2.32. The lowest BCUT2D eigenvalue weighted by Gasteiger charge is -2.18. The number of anilines is 1. The van der Waals surface area contributed by atoms with Gasteiger partial charge in [0, 0.05) is 25.4 Å².